The van der Waals surface area contributed by atoms with Gasteiger partial charge in [-0.1, -0.05) is 30.3 Å². The van der Waals surface area contributed by atoms with E-state index in [-0.39, 0.29) is 46.8 Å². The van der Waals surface area contributed by atoms with Crippen LogP contribution in [0.15, 0.2) is 65.8 Å². The number of hydrogen-bond acceptors (Lipinski definition) is 6. The van der Waals surface area contributed by atoms with Crippen molar-refractivity contribution in [1.82, 2.24) is 4.57 Å². The molecule has 0 aliphatic heterocycles. The summed E-state index contributed by atoms with van der Waals surface area (Å²) in [4.78, 5) is 23.8. The number of phenols is 1. The van der Waals surface area contributed by atoms with Crippen molar-refractivity contribution in [2.24, 2.45) is 5.18 Å². The fourth-order valence-electron chi connectivity index (χ4n) is 3.77. The van der Waals surface area contributed by atoms with Crippen molar-refractivity contribution in [3.05, 3.63) is 88.1 Å². The number of carbonyl (C=O) groups is 1. The van der Waals surface area contributed by atoms with Gasteiger partial charge >= 0.3 is 0 Å². The molecule has 168 valence electrons. The molecule has 1 heterocycles. The average molecular weight is 449 g/mol. The Morgan fingerprint density at radius 2 is 1.76 bits per heavy atom. The Morgan fingerprint density at radius 1 is 1.03 bits per heavy atom. The second-order valence-electron chi connectivity index (χ2n) is 7.52. The zero-order chi connectivity index (χ0) is 23.5. The fourth-order valence-corrected chi connectivity index (χ4v) is 3.77. The lowest BCUT2D eigenvalue weighted by Gasteiger charge is -2.12. The maximum Gasteiger partial charge on any atom is 0.228 e. The molecule has 4 N–H and O–H groups in total. The number of aliphatic hydroxyl groups is 1. The number of carbonyl (C=O) groups excluding carboxylic acids is 1. The Bertz CT molecular complexity index is 1350. The van der Waals surface area contributed by atoms with Crippen LogP contribution in [0.3, 0.4) is 0 Å². The van der Waals surface area contributed by atoms with Crippen molar-refractivity contribution in [3.63, 3.8) is 0 Å². The number of hydrogen-bond donors (Lipinski definition) is 4. The van der Waals surface area contributed by atoms with Crippen LogP contribution < -0.4 is 5.32 Å². The van der Waals surface area contributed by atoms with E-state index in [1.54, 1.807) is 12.1 Å². The fraction of sp³-hybridized carbons (Fsp3) is 0.125. The highest BCUT2D eigenvalue weighted by Crippen LogP contribution is 2.41. The SMILES string of the molecule is O=Nc1c(O)n(Cc2cc(F)cc(CO)c2O)c2ccc(NC(=O)Cc3ccccc3)cc12. The first-order valence-electron chi connectivity index (χ1n) is 10.0. The minimum atomic E-state index is -0.667. The lowest BCUT2D eigenvalue weighted by Crippen LogP contribution is -2.14. The molecule has 4 rings (SSSR count). The van der Waals surface area contributed by atoms with E-state index in [1.165, 1.54) is 10.6 Å². The van der Waals surface area contributed by atoms with E-state index in [0.717, 1.165) is 17.7 Å². The monoisotopic (exact) mass is 449 g/mol. The summed E-state index contributed by atoms with van der Waals surface area (Å²) in [6.07, 6.45) is 0.163. The van der Waals surface area contributed by atoms with Crippen molar-refractivity contribution in [1.29, 1.82) is 0 Å². The lowest BCUT2D eigenvalue weighted by atomic mass is 10.1. The second-order valence-corrected chi connectivity index (χ2v) is 7.52. The minimum absolute atomic E-state index is 0.00176. The third-order valence-electron chi connectivity index (χ3n) is 5.32. The molecule has 1 aromatic heterocycles. The zero-order valence-corrected chi connectivity index (χ0v) is 17.3. The van der Waals surface area contributed by atoms with E-state index in [4.69, 9.17) is 0 Å². The number of aromatic hydroxyl groups is 2. The van der Waals surface area contributed by atoms with Crippen LogP contribution in [0.4, 0.5) is 15.8 Å². The van der Waals surface area contributed by atoms with E-state index < -0.39 is 18.3 Å². The van der Waals surface area contributed by atoms with Gasteiger partial charge in [0, 0.05) is 22.2 Å². The predicted molar refractivity (Wildman–Crippen MR) is 121 cm³/mol. The number of nitrogens with one attached hydrogen (secondary N) is 1. The Labute approximate surface area is 187 Å². The summed E-state index contributed by atoms with van der Waals surface area (Å²) in [7, 11) is 0. The molecule has 0 atom stereocenters. The number of nitroso groups, excluding NO2 is 1. The van der Waals surface area contributed by atoms with Gasteiger partial charge < -0.3 is 25.2 Å². The van der Waals surface area contributed by atoms with Crippen molar-refractivity contribution >= 4 is 28.2 Å². The first kappa shape index (κ1) is 22.0. The molecule has 0 aliphatic rings. The highest BCUT2D eigenvalue weighted by molar-refractivity contribution is 6.00. The molecule has 0 saturated carbocycles. The zero-order valence-electron chi connectivity index (χ0n) is 17.3. The van der Waals surface area contributed by atoms with Crippen LogP contribution in [0, 0.1) is 10.7 Å². The van der Waals surface area contributed by atoms with E-state index >= 15 is 0 Å². The summed E-state index contributed by atoms with van der Waals surface area (Å²) in [5.41, 5.74) is 1.48. The number of halogens is 1. The molecule has 0 radical (unpaired) electrons. The van der Waals surface area contributed by atoms with Crippen molar-refractivity contribution in [3.8, 4) is 11.6 Å². The van der Waals surface area contributed by atoms with Crippen LogP contribution in [0.1, 0.15) is 16.7 Å². The van der Waals surface area contributed by atoms with E-state index in [0.29, 0.717) is 11.2 Å². The third-order valence-corrected chi connectivity index (χ3v) is 5.32. The Balaban J connectivity index is 1.67. The van der Waals surface area contributed by atoms with Crippen LogP contribution in [0.2, 0.25) is 0 Å². The van der Waals surface area contributed by atoms with E-state index in [2.05, 4.69) is 10.5 Å². The molecule has 0 spiro atoms. The van der Waals surface area contributed by atoms with Crippen molar-refractivity contribution in [2.45, 2.75) is 19.6 Å². The molecule has 0 saturated heterocycles. The van der Waals surface area contributed by atoms with Gasteiger partial charge in [0.05, 0.1) is 25.1 Å². The van der Waals surface area contributed by atoms with Crippen LogP contribution in [-0.2, 0) is 24.4 Å². The molecule has 1 amide bonds. The Morgan fingerprint density at radius 3 is 2.45 bits per heavy atom. The normalized spacial score (nSPS) is 11.0. The molecule has 0 bridgehead atoms. The van der Waals surface area contributed by atoms with Gasteiger partial charge in [-0.15, -0.1) is 4.91 Å². The van der Waals surface area contributed by atoms with E-state index in [1.807, 2.05) is 30.3 Å². The average Bonchev–Trinajstić information content (AvgIpc) is 3.06. The highest BCUT2D eigenvalue weighted by atomic mass is 19.1. The minimum Gasteiger partial charge on any atom is -0.507 e. The predicted octanol–water partition coefficient (Wildman–Crippen LogP) is 4.31. The molecule has 9 heteroatoms. The van der Waals surface area contributed by atoms with E-state index in [9.17, 15) is 29.4 Å². The molecule has 33 heavy (non-hydrogen) atoms. The van der Waals surface area contributed by atoms with Gasteiger partial charge in [-0.3, -0.25) is 4.79 Å². The van der Waals surface area contributed by atoms with Gasteiger partial charge in [0.2, 0.25) is 11.8 Å². The van der Waals surface area contributed by atoms with Crippen molar-refractivity contribution in [2.75, 3.05) is 5.32 Å². The number of nitrogens with zero attached hydrogens (tertiary/aromatic N) is 2. The number of amides is 1. The van der Waals surface area contributed by atoms with Gasteiger partial charge in [-0.2, -0.15) is 0 Å². The van der Waals surface area contributed by atoms with Crippen LogP contribution in [0.5, 0.6) is 11.6 Å². The molecule has 0 aliphatic carbocycles. The lowest BCUT2D eigenvalue weighted by molar-refractivity contribution is -0.115. The standard InChI is InChI=1S/C24H20FN3O5/c25-17-9-15(23(31)16(10-17)13-29)12-28-20-7-6-18(11-19(20)22(27-33)24(28)32)26-21(30)8-14-4-2-1-3-5-14/h1-7,9-11,29,31-32H,8,12-13H2,(H,26,30). The number of aliphatic hydroxyl groups excluding tert-OH is 1. The summed E-state index contributed by atoms with van der Waals surface area (Å²) in [5.74, 6) is -1.71. The van der Waals surface area contributed by atoms with Crippen molar-refractivity contribution < 1.29 is 24.5 Å². The molecule has 0 fully saturated rings. The molecule has 4 aromatic rings. The largest absolute Gasteiger partial charge is 0.507 e. The summed E-state index contributed by atoms with van der Waals surface area (Å²) in [6, 6.07) is 16.0. The molecular weight excluding hydrogens is 429 g/mol. The third kappa shape index (κ3) is 4.39. The Hall–Kier alpha value is -4.24. The molecule has 3 aromatic carbocycles. The van der Waals surface area contributed by atoms with Crippen LogP contribution in [-0.4, -0.2) is 25.8 Å². The first-order valence-corrected chi connectivity index (χ1v) is 10.0. The van der Waals surface area contributed by atoms with Gasteiger partial charge in [0.1, 0.15) is 11.6 Å². The van der Waals surface area contributed by atoms with Crippen LogP contribution in [0.25, 0.3) is 10.9 Å². The van der Waals surface area contributed by atoms with Gasteiger partial charge in [0.15, 0.2) is 5.69 Å². The highest BCUT2D eigenvalue weighted by Gasteiger charge is 2.20. The molecular formula is C24H20FN3O5. The van der Waals surface area contributed by atoms with Crippen LogP contribution >= 0.6 is 0 Å². The number of rotatable bonds is 7. The summed E-state index contributed by atoms with van der Waals surface area (Å²) in [5, 5.41) is 36.2. The van der Waals surface area contributed by atoms with Gasteiger partial charge in [-0.05, 0) is 41.1 Å². The number of benzene rings is 3. The maximum absolute atomic E-state index is 13.9. The Kier molecular flexibility index (Phi) is 6.05. The van der Waals surface area contributed by atoms with Gasteiger partial charge in [0.25, 0.3) is 0 Å². The topological polar surface area (TPSA) is 124 Å². The number of aromatic nitrogens is 1. The first-order chi connectivity index (χ1) is 15.9. The van der Waals surface area contributed by atoms with Gasteiger partial charge in [-0.25, -0.2) is 4.39 Å². The number of anilines is 1. The summed E-state index contributed by atoms with van der Waals surface area (Å²) in [6.45, 7) is -0.754. The summed E-state index contributed by atoms with van der Waals surface area (Å²) < 4.78 is 15.2. The quantitative estimate of drug-likeness (QED) is 0.313. The molecule has 0 unspecified atom stereocenters. The second kappa shape index (κ2) is 9.09. The maximum atomic E-state index is 13.9. The smallest absolute Gasteiger partial charge is 0.228 e. The number of fused-ring (bicyclic) bond motifs is 1. The summed E-state index contributed by atoms with van der Waals surface area (Å²) >= 11 is 0. The molecule has 8 nitrogen and oxygen atoms in total.